The Hall–Kier alpha value is -3.62. The standard InChI is InChI=1S/C22H21N7O/c23-21-15-6-3-5-14(16-7-1-2-9-25-16)19(15)28-22(29-21)27-17-8-4-10-26-20(17)18-13-24-11-12-30-18/h1-10,18,24H,11-13H2,(H3,23,27,28,29). The summed E-state index contributed by atoms with van der Waals surface area (Å²) < 4.78 is 5.87. The van der Waals surface area contributed by atoms with Gasteiger partial charge in [-0.15, -0.1) is 0 Å². The molecule has 0 saturated carbocycles. The number of morpholine rings is 1. The SMILES string of the molecule is Nc1nc(Nc2cccnc2C2CNCCO2)nc2c(-c3ccccn3)cccc12. The molecule has 8 heteroatoms. The summed E-state index contributed by atoms with van der Waals surface area (Å²) in [6.07, 6.45) is 3.38. The summed E-state index contributed by atoms with van der Waals surface area (Å²) >= 11 is 0. The van der Waals surface area contributed by atoms with Crippen LogP contribution >= 0.6 is 0 Å². The molecule has 5 rings (SSSR count). The van der Waals surface area contributed by atoms with Crippen LogP contribution in [0, 0.1) is 0 Å². The van der Waals surface area contributed by atoms with Gasteiger partial charge in [0.2, 0.25) is 5.95 Å². The van der Waals surface area contributed by atoms with Crippen molar-refractivity contribution in [2.24, 2.45) is 0 Å². The number of pyridine rings is 2. The second kappa shape index (κ2) is 8.02. The van der Waals surface area contributed by atoms with E-state index >= 15 is 0 Å². The number of nitrogens with one attached hydrogen (secondary N) is 2. The van der Waals surface area contributed by atoms with Crippen molar-refractivity contribution in [3.63, 3.8) is 0 Å². The van der Waals surface area contributed by atoms with E-state index in [0.717, 1.165) is 40.1 Å². The predicted octanol–water partition coefficient (Wildman–Crippen LogP) is 3.07. The Balaban J connectivity index is 1.56. The first-order chi connectivity index (χ1) is 14.8. The number of aromatic nitrogens is 4. The number of hydrogen-bond acceptors (Lipinski definition) is 8. The van der Waals surface area contributed by atoms with Gasteiger partial charge in [0.25, 0.3) is 0 Å². The molecule has 30 heavy (non-hydrogen) atoms. The number of nitrogens with zero attached hydrogens (tertiary/aromatic N) is 4. The number of rotatable bonds is 4. The summed E-state index contributed by atoms with van der Waals surface area (Å²) in [6.45, 7) is 2.19. The fraction of sp³-hybridized carbons (Fsp3) is 0.182. The summed E-state index contributed by atoms with van der Waals surface area (Å²) in [4.78, 5) is 18.2. The van der Waals surface area contributed by atoms with E-state index < -0.39 is 0 Å². The van der Waals surface area contributed by atoms with E-state index in [9.17, 15) is 0 Å². The van der Waals surface area contributed by atoms with Gasteiger partial charge in [-0.2, -0.15) is 4.98 Å². The molecule has 1 atom stereocenters. The van der Waals surface area contributed by atoms with Crippen LogP contribution in [-0.2, 0) is 4.74 Å². The Morgan fingerprint density at radius 3 is 2.77 bits per heavy atom. The molecule has 0 spiro atoms. The van der Waals surface area contributed by atoms with Gasteiger partial charge in [0.15, 0.2) is 0 Å². The Labute approximate surface area is 173 Å². The van der Waals surface area contributed by atoms with Gasteiger partial charge in [-0.25, -0.2) is 4.98 Å². The second-order valence-corrected chi connectivity index (χ2v) is 6.97. The first-order valence-corrected chi connectivity index (χ1v) is 9.81. The molecule has 150 valence electrons. The Kier molecular flexibility index (Phi) is 4.92. The van der Waals surface area contributed by atoms with E-state index in [-0.39, 0.29) is 6.10 Å². The Bertz CT molecular complexity index is 1180. The molecule has 1 aromatic carbocycles. The van der Waals surface area contributed by atoms with E-state index in [1.807, 2.05) is 48.5 Å². The van der Waals surface area contributed by atoms with E-state index in [2.05, 4.69) is 25.6 Å². The maximum atomic E-state index is 6.28. The minimum Gasteiger partial charge on any atom is -0.383 e. The monoisotopic (exact) mass is 399 g/mol. The highest BCUT2D eigenvalue weighted by atomic mass is 16.5. The molecular weight excluding hydrogens is 378 g/mol. The lowest BCUT2D eigenvalue weighted by molar-refractivity contribution is 0.0255. The van der Waals surface area contributed by atoms with Gasteiger partial charge in [0, 0.05) is 36.4 Å². The van der Waals surface area contributed by atoms with Crippen molar-refractivity contribution >= 4 is 28.4 Å². The van der Waals surface area contributed by atoms with Gasteiger partial charge in [0.1, 0.15) is 11.9 Å². The lowest BCUT2D eigenvalue weighted by atomic mass is 10.1. The molecule has 1 aliphatic rings. The molecule has 3 aromatic heterocycles. The smallest absolute Gasteiger partial charge is 0.229 e. The molecule has 0 aliphatic carbocycles. The third-order valence-electron chi connectivity index (χ3n) is 5.01. The normalized spacial score (nSPS) is 16.5. The number of nitrogens with two attached hydrogens (primary N) is 1. The van der Waals surface area contributed by atoms with Gasteiger partial charge in [0.05, 0.1) is 29.2 Å². The molecule has 1 aliphatic heterocycles. The van der Waals surface area contributed by atoms with Crippen molar-refractivity contribution in [2.75, 3.05) is 30.7 Å². The molecule has 1 fully saturated rings. The average Bonchev–Trinajstić information content (AvgIpc) is 2.80. The highest BCUT2D eigenvalue weighted by Crippen LogP contribution is 2.31. The minimum atomic E-state index is -0.135. The van der Waals surface area contributed by atoms with Crippen LogP contribution in [0.2, 0.25) is 0 Å². The van der Waals surface area contributed by atoms with Gasteiger partial charge >= 0.3 is 0 Å². The minimum absolute atomic E-state index is 0.135. The largest absolute Gasteiger partial charge is 0.383 e. The number of fused-ring (bicyclic) bond motifs is 1. The molecule has 1 unspecified atom stereocenters. The van der Waals surface area contributed by atoms with Gasteiger partial charge in [-0.1, -0.05) is 18.2 Å². The number of para-hydroxylation sites is 1. The quantitative estimate of drug-likeness (QED) is 0.480. The number of ether oxygens (including phenoxy) is 1. The fourth-order valence-corrected chi connectivity index (χ4v) is 3.60. The number of hydrogen-bond donors (Lipinski definition) is 3. The van der Waals surface area contributed by atoms with Crippen LogP contribution in [0.25, 0.3) is 22.2 Å². The van der Waals surface area contributed by atoms with Crippen LogP contribution in [0.15, 0.2) is 60.9 Å². The van der Waals surface area contributed by atoms with E-state index in [4.69, 9.17) is 15.5 Å². The van der Waals surface area contributed by atoms with Crippen molar-refractivity contribution in [2.45, 2.75) is 6.10 Å². The number of anilines is 3. The third-order valence-corrected chi connectivity index (χ3v) is 5.01. The van der Waals surface area contributed by atoms with Crippen LogP contribution in [0.1, 0.15) is 11.8 Å². The predicted molar refractivity (Wildman–Crippen MR) is 116 cm³/mol. The molecule has 0 bridgehead atoms. The van der Waals surface area contributed by atoms with E-state index in [0.29, 0.717) is 24.9 Å². The second-order valence-electron chi connectivity index (χ2n) is 6.97. The van der Waals surface area contributed by atoms with Crippen LogP contribution in [0.4, 0.5) is 17.5 Å². The number of benzene rings is 1. The zero-order valence-corrected chi connectivity index (χ0v) is 16.2. The third kappa shape index (κ3) is 3.54. The van der Waals surface area contributed by atoms with Crippen molar-refractivity contribution in [3.8, 4) is 11.3 Å². The van der Waals surface area contributed by atoms with Crippen molar-refractivity contribution in [1.82, 2.24) is 25.3 Å². The van der Waals surface area contributed by atoms with Crippen LogP contribution in [0.5, 0.6) is 0 Å². The summed E-state index contributed by atoms with van der Waals surface area (Å²) in [5.74, 6) is 0.808. The van der Waals surface area contributed by atoms with E-state index in [1.165, 1.54) is 0 Å². The first kappa shape index (κ1) is 18.4. The van der Waals surface area contributed by atoms with Crippen LogP contribution in [-0.4, -0.2) is 39.6 Å². The van der Waals surface area contributed by atoms with E-state index in [1.54, 1.807) is 12.4 Å². The summed E-state index contributed by atoms with van der Waals surface area (Å²) in [6, 6.07) is 15.4. The lowest BCUT2D eigenvalue weighted by Gasteiger charge is -2.24. The summed E-state index contributed by atoms with van der Waals surface area (Å²) in [5.41, 5.74) is 10.4. The first-order valence-electron chi connectivity index (χ1n) is 9.81. The maximum Gasteiger partial charge on any atom is 0.229 e. The van der Waals surface area contributed by atoms with Gasteiger partial charge in [-0.3, -0.25) is 9.97 Å². The van der Waals surface area contributed by atoms with Gasteiger partial charge < -0.3 is 21.1 Å². The van der Waals surface area contributed by atoms with Crippen molar-refractivity contribution < 1.29 is 4.74 Å². The highest BCUT2D eigenvalue weighted by molar-refractivity contribution is 5.98. The van der Waals surface area contributed by atoms with Crippen LogP contribution < -0.4 is 16.4 Å². The Morgan fingerprint density at radius 2 is 1.93 bits per heavy atom. The van der Waals surface area contributed by atoms with Crippen LogP contribution in [0.3, 0.4) is 0 Å². The Morgan fingerprint density at radius 1 is 1.00 bits per heavy atom. The maximum absolute atomic E-state index is 6.28. The zero-order valence-electron chi connectivity index (χ0n) is 16.2. The number of nitrogen functional groups attached to an aromatic ring is 1. The zero-order chi connectivity index (χ0) is 20.3. The molecule has 4 heterocycles. The molecule has 4 N–H and O–H groups in total. The molecule has 8 nitrogen and oxygen atoms in total. The average molecular weight is 399 g/mol. The van der Waals surface area contributed by atoms with Crippen molar-refractivity contribution in [3.05, 3.63) is 66.6 Å². The molecule has 0 radical (unpaired) electrons. The molecule has 0 amide bonds. The fourth-order valence-electron chi connectivity index (χ4n) is 3.60. The summed E-state index contributed by atoms with van der Waals surface area (Å²) in [5, 5.41) is 7.41. The molecule has 4 aromatic rings. The summed E-state index contributed by atoms with van der Waals surface area (Å²) in [7, 11) is 0. The van der Waals surface area contributed by atoms with Crippen molar-refractivity contribution in [1.29, 1.82) is 0 Å². The topological polar surface area (TPSA) is 111 Å². The lowest BCUT2D eigenvalue weighted by Crippen LogP contribution is -2.34. The van der Waals surface area contributed by atoms with Gasteiger partial charge in [-0.05, 0) is 30.3 Å². The molecular formula is C22H21N7O. The highest BCUT2D eigenvalue weighted by Gasteiger charge is 2.21. The molecule has 1 saturated heterocycles.